The van der Waals surface area contributed by atoms with Crippen LogP contribution in [0.2, 0.25) is 0 Å². The predicted molar refractivity (Wildman–Crippen MR) is 81.3 cm³/mol. The van der Waals surface area contributed by atoms with Gasteiger partial charge in [0.05, 0.1) is 5.38 Å². The van der Waals surface area contributed by atoms with Gasteiger partial charge in [-0.05, 0) is 39.5 Å². The molecule has 4 heteroatoms. The van der Waals surface area contributed by atoms with E-state index in [-0.39, 0.29) is 5.78 Å². The van der Waals surface area contributed by atoms with E-state index in [0.29, 0.717) is 6.04 Å². The van der Waals surface area contributed by atoms with Crippen molar-refractivity contribution in [1.29, 1.82) is 0 Å². The second-order valence-corrected chi connectivity index (χ2v) is 6.22. The number of thioether (sulfide) groups is 1. The molecule has 0 radical (unpaired) electrons. The zero-order chi connectivity index (χ0) is 13.9. The molecule has 1 aromatic rings. The number of Topliss-reactive ketones (excluding diaryl/α,β-unsaturated/α-hetero) is 1. The van der Waals surface area contributed by atoms with Crippen molar-refractivity contribution in [1.82, 2.24) is 4.57 Å². The van der Waals surface area contributed by atoms with Crippen molar-refractivity contribution in [3.05, 3.63) is 23.0 Å². The van der Waals surface area contributed by atoms with Gasteiger partial charge < -0.3 is 4.57 Å². The molecule has 0 aliphatic heterocycles. The van der Waals surface area contributed by atoms with Crippen LogP contribution in [-0.2, 0) is 0 Å². The van der Waals surface area contributed by atoms with Crippen LogP contribution in [0.15, 0.2) is 6.07 Å². The van der Waals surface area contributed by atoms with Crippen molar-refractivity contribution >= 4 is 29.1 Å². The predicted octanol–water partition coefficient (Wildman–Crippen LogP) is 4.23. The number of alkyl halides is 1. The van der Waals surface area contributed by atoms with E-state index in [9.17, 15) is 4.79 Å². The van der Waals surface area contributed by atoms with Gasteiger partial charge in [0.1, 0.15) is 0 Å². The van der Waals surface area contributed by atoms with Crippen molar-refractivity contribution in [2.75, 3.05) is 12.0 Å². The highest BCUT2D eigenvalue weighted by atomic mass is 35.5. The number of hydrogen-bond donors (Lipinski definition) is 0. The molecular formula is C14H22ClNOS. The summed E-state index contributed by atoms with van der Waals surface area (Å²) in [6.07, 6.45) is 3.19. The summed E-state index contributed by atoms with van der Waals surface area (Å²) in [4.78, 5) is 12.0. The van der Waals surface area contributed by atoms with Crippen LogP contribution >= 0.6 is 23.4 Å². The van der Waals surface area contributed by atoms with Gasteiger partial charge in [0.2, 0.25) is 0 Å². The fourth-order valence-electron chi connectivity index (χ4n) is 2.37. The standard InChI is InChI=1S/C14H22ClNOS/c1-6-12(8-18-5)16-9(2)7-13(11(16)4)14(17)10(3)15/h7,10,12H,6,8H2,1-5H3. The first-order valence-corrected chi connectivity index (χ1v) is 8.12. The lowest BCUT2D eigenvalue weighted by Gasteiger charge is -2.20. The summed E-state index contributed by atoms with van der Waals surface area (Å²) < 4.78 is 2.28. The Labute approximate surface area is 119 Å². The lowest BCUT2D eigenvalue weighted by atomic mass is 10.1. The van der Waals surface area contributed by atoms with Gasteiger partial charge in [0.15, 0.2) is 5.78 Å². The fraction of sp³-hybridized carbons (Fsp3) is 0.643. The third kappa shape index (κ3) is 3.12. The Balaban J connectivity index is 3.18. The molecule has 0 N–H and O–H groups in total. The van der Waals surface area contributed by atoms with Crippen LogP contribution in [0.25, 0.3) is 0 Å². The van der Waals surface area contributed by atoms with Gasteiger partial charge in [-0.2, -0.15) is 11.8 Å². The normalized spacial score (nSPS) is 14.6. The van der Waals surface area contributed by atoms with Crippen LogP contribution in [0.5, 0.6) is 0 Å². The van der Waals surface area contributed by atoms with Crippen LogP contribution in [0, 0.1) is 13.8 Å². The minimum atomic E-state index is -0.459. The average molecular weight is 288 g/mol. The largest absolute Gasteiger partial charge is 0.345 e. The molecule has 2 unspecified atom stereocenters. The van der Waals surface area contributed by atoms with Crippen molar-refractivity contribution in [2.24, 2.45) is 0 Å². The van der Waals surface area contributed by atoms with Gasteiger partial charge in [0.25, 0.3) is 0 Å². The third-order valence-corrected chi connectivity index (χ3v) is 4.22. The zero-order valence-corrected chi connectivity index (χ0v) is 13.4. The molecule has 0 saturated carbocycles. The van der Waals surface area contributed by atoms with E-state index in [4.69, 9.17) is 11.6 Å². The second kappa shape index (κ2) is 6.67. The highest BCUT2D eigenvalue weighted by molar-refractivity contribution is 7.98. The summed E-state index contributed by atoms with van der Waals surface area (Å²) in [5.41, 5.74) is 2.97. The molecule has 0 spiro atoms. The van der Waals surface area contributed by atoms with E-state index in [1.165, 1.54) is 0 Å². The van der Waals surface area contributed by atoms with Crippen LogP contribution in [0.3, 0.4) is 0 Å². The first kappa shape index (κ1) is 15.6. The first-order valence-electron chi connectivity index (χ1n) is 6.29. The molecule has 0 aliphatic rings. The highest BCUT2D eigenvalue weighted by Gasteiger charge is 2.22. The third-order valence-electron chi connectivity index (χ3n) is 3.31. The minimum Gasteiger partial charge on any atom is -0.345 e. The highest BCUT2D eigenvalue weighted by Crippen LogP contribution is 2.26. The van der Waals surface area contributed by atoms with E-state index < -0.39 is 5.38 Å². The molecule has 1 heterocycles. The molecule has 0 aromatic carbocycles. The topological polar surface area (TPSA) is 22.0 Å². The van der Waals surface area contributed by atoms with Gasteiger partial charge in [-0.25, -0.2) is 0 Å². The van der Waals surface area contributed by atoms with Crippen LogP contribution in [-0.4, -0.2) is 27.7 Å². The van der Waals surface area contributed by atoms with Gasteiger partial charge in [-0.3, -0.25) is 4.79 Å². The Morgan fingerprint density at radius 3 is 2.56 bits per heavy atom. The summed E-state index contributed by atoms with van der Waals surface area (Å²) >= 11 is 7.75. The quantitative estimate of drug-likeness (QED) is 0.577. The van der Waals surface area contributed by atoms with Gasteiger partial charge >= 0.3 is 0 Å². The maximum absolute atomic E-state index is 12.0. The maximum Gasteiger partial charge on any atom is 0.182 e. The Hall–Kier alpha value is -0.410. The smallest absolute Gasteiger partial charge is 0.182 e. The van der Waals surface area contributed by atoms with Crippen LogP contribution < -0.4 is 0 Å². The molecule has 0 amide bonds. The van der Waals surface area contributed by atoms with Gasteiger partial charge in [0, 0.05) is 28.7 Å². The van der Waals surface area contributed by atoms with Crippen molar-refractivity contribution < 1.29 is 4.79 Å². The number of carbonyl (C=O) groups is 1. The van der Waals surface area contributed by atoms with E-state index in [0.717, 1.165) is 29.1 Å². The Morgan fingerprint density at radius 1 is 1.50 bits per heavy atom. The Kier molecular flexibility index (Phi) is 5.80. The minimum absolute atomic E-state index is 0.0232. The molecule has 18 heavy (non-hydrogen) atoms. The van der Waals surface area contributed by atoms with E-state index >= 15 is 0 Å². The van der Waals surface area contributed by atoms with E-state index in [1.54, 1.807) is 6.92 Å². The number of hydrogen-bond acceptors (Lipinski definition) is 2. The number of nitrogens with zero attached hydrogens (tertiary/aromatic N) is 1. The number of aromatic nitrogens is 1. The Bertz CT molecular complexity index is 426. The summed E-state index contributed by atoms with van der Waals surface area (Å²) in [5.74, 6) is 1.09. The van der Waals surface area contributed by atoms with Gasteiger partial charge in [-0.1, -0.05) is 6.92 Å². The zero-order valence-electron chi connectivity index (χ0n) is 11.8. The van der Waals surface area contributed by atoms with E-state index in [2.05, 4.69) is 24.7 Å². The average Bonchev–Trinajstić information content (AvgIpc) is 2.61. The lowest BCUT2D eigenvalue weighted by molar-refractivity contribution is 0.0991. The summed E-state index contributed by atoms with van der Waals surface area (Å²) in [7, 11) is 0. The molecule has 102 valence electrons. The number of carbonyl (C=O) groups excluding carboxylic acids is 1. The fourth-order valence-corrected chi connectivity index (χ4v) is 3.26. The SMILES string of the molecule is CCC(CSC)n1c(C)cc(C(=O)C(C)Cl)c1C. The number of rotatable bonds is 6. The van der Waals surface area contributed by atoms with Crippen molar-refractivity contribution in [2.45, 2.75) is 45.5 Å². The maximum atomic E-state index is 12.0. The van der Waals surface area contributed by atoms with E-state index in [1.807, 2.05) is 24.8 Å². The monoisotopic (exact) mass is 287 g/mol. The van der Waals surface area contributed by atoms with Crippen molar-refractivity contribution in [3.8, 4) is 0 Å². The summed E-state index contributed by atoms with van der Waals surface area (Å²) in [5, 5.41) is -0.459. The van der Waals surface area contributed by atoms with Crippen molar-refractivity contribution in [3.63, 3.8) is 0 Å². The first-order chi connectivity index (χ1) is 8.43. The number of aryl methyl sites for hydroxylation is 1. The molecule has 0 aliphatic carbocycles. The molecule has 0 bridgehead atoms. The van der Waals surface area contributed by atoms with Gasteiger partial charge in [-0.15, -0.1) is 11.6 Å². The van der Waals surface area contributed by atoms with Crippen LogP contribution in [0.4, 0.5) is 0 Å². The Morgan fingerprint density at radius 2 is 2.11 bits per heavy atom. The molecule has 0 saturated heterocycles. The molecule has 2 nitrogen and oxygen atoms in total. The molecule has 0 fully saturated rings. The summed E-state index contributed by atoms with van der Waals surface area (Å²) in [6, 6.07) is 2.42. The molecule has 2 atom stereocenters. The molecule has 1 aromatic heterocycles. The number of ketones is 1. The molecular weight excluding hydrogens is 266 g/mol. The summed E-state index contributed by atoms with van der Waals surface area (Å²) in [6.45, 7) is 7.99. The van der Waals surface area contributed by atoms with Crippen LogP contribution in [0.1, 0.15) is 48.1 Å². The number of halogens is 1. The lowest BCUT2D eigenvalue weighted by Crippen LogP contribution is -2.16. The molecule has 1 rings (SSSR count). The second-order valence-electron chi connectivity index (χ2n) is 4.65.